The first kappa shape index (κ1) is 24.5. The number of carbonyl (C=O) groups is 2. The number of benzene rings is 1. The number of hydrogen-bond acceptors (Lipinski definition) is 7. The molecule has 0 aliphatic carbocycles. The first-order valence-corrected chi connectivity index (χ1v) is 10.6. The number of aromatic nitrogens is 2. The number of hydrogen-bond donors (Lipinski definition) is 4. The van der Waals surface area contributed by atoms with Crippen molar-refractivity contribution in [1.82, 2.24) is 20.6 Å². The second-order valence-corrected chi connectivity index (χ2v) is 6.93. The highest BCUT2D eigenvalue weighted by molar-refractivity contribution is 5.85. The van der Waals surface area contributed by atoms with E-state index in [4.69, 9.17) is 0 Å². The number of unbranched alkanes of at least 4 members (excludes halogenated alkanes) is 1. The van der Waals surface area contributed by atoms with Gasteiger partial charge in [-0.1, -0.05) is 37.0 Å². The number of alkyl carbamates (subject to hydrolysis) is 1. The summed E-state index contributed by atoms with van der Waals surface area (Å²) in [5, 5.41) is 11.7. The van der Waals surface area contributed by atoms with Gasteiger partial charge in [0.15, 0.2) is 0 Å². The van der Waals surface area contributed by atoms with Crippen molar-refractivity contribution >= 4 is 29.5 Å². The zero-order chi connectivity index (χ0) is 23.2. The third-order valence-electron chi connectivity index (χ3n) is 4.28. The molecule has 1 heterocycles. The first-order valence-electron chi connectivity index (χ1n) is 10.6. The van der Waals surface area contributed by atoms with Crippen molar-refractivity contribution in [1.29, 1.82) is 0 Å². The van der Waals surface area contributed by atoms with Crippen molar-refractivity contribution in [2.45, 2.75) is 39.2 Å². The number of nitrogens with one attached hydrogen (secondary N) is 4. The van der Waals surface area contributed by atoms with Crippen LogP contribution in [0.3, 0.4) is 0 Å². The molecule has 9 nitrogen and oxygen atoms in total. The highest BCUT2D eigenvalue weighted by Gasteiger charge is 2.14. The Balaban J connectivity index is 1.88. The smallest absolute Gasteiger partial charge is 0.407 e. The lowest BCUT2D eigenvalue weighted by Crippen LogP contribution is -2.44. The van der Waals surface area contributed by atoms with Crippen molar-refractivity contribution in [2.24, 2.45) is 0 Å². The fourth-order valence-corrected chi connectivity index (χ4v) is 2.56. The quantitative estimate of drug-likeness (QED) is 0.333. The molecule has 0 spiro atoms. The predicted molar refractivity (Wildman–Crippen MR) is 125 cm³/mol. The molecule has 0 saturated heterocycles. The highest BCUT2D eigenvalue weighted by atomic mass is 16.5. The van der Waals surface area contributed by atoms with E-state index >= 15 is 0 Å². The van der Waals surface area contributed by atoms with Gasteiger partial charge in [0.05, 0.1) is 18.9 Å². The zero-order valence-electron chi connectivity index (χ0n) is 18.7. The molecule has 0 fully saturated rings. The van der Waals surface area contributed by atoms with Gasteiger partial charge in [0, 0.05) is 25.2 Å². The number of para-hydroxylation sites is 1. The maximum Gasteiger partial charge on any atom is 0.407 e. The standard InChI is InChI=1S/C23H30N6O3/c1-4-14-24-20-18(16-26-22(29-20)28-19-12-8-5-9-13-19)11-7-6-10-15-25-21(30)17(2)27-23(31)32-3/h5,8-9,12-13,16-17H,4,6,10,14-15H2,1-3H3,(H,25,30)(H,27,31)(H2,24,26,28,29). The van der Waals surface area contributed by atoms with Gasteiger partial charge in [-0.25, -0.2) is 9.78 Å². The van der Waals surface area contributed by atoms with Gasteiger partial charge in [-0.15, -0.1) is 0 Å². The van der Waals surface area contributed by atoms with Gasteiger partial charge in [-0.05, 0) is 31.9 Å². The van der Waals surface area contributed by atoms with Crippen molar-refractivity contribution in [3.63, 3.8) is 0 Å². The summed E-state index contributed by atoms with van der Waals surface area (Å²) in [4.78, 5) is 32.0. The Morgan fingerprint density at radius 2 is 1.97 bits per heavy atom. The van der Waals surface area contributed by atoms with Gasteiger partial charge in [-0.3, -0.25) is 4.79 Å². The van der Waals surface area contributed by atoms with E-state index < -0.39 is 12.1 Å². The summed E-state index contributed by atoms with van der Waals surface area (Å²) in [6.45, 7) is 4.91. The number of methoxy groups -OCH3 is 1. The molecule has 9 heteroatoms. The average Bonchev–Trinajstić information content (AvgIpc) is 2.81. The van der Waals surface area contributed by atoms with E-state index in [-0.39, 0.29) is 5.91 Å². The Labute approximate surface area is 188 Å². The molecule has 2 amide bonds. The van der Waals surface area contributed by atoms with E-state index in [1.54, 1.807) is 13.1 Å². The van der Waals surface area contributed by atoms with Crippen molar-refractivity contribution in [2.75, 3.05) is 30.8 Å². The highest BCUT2D eigenvalue weighted by Crippen LogP contribution is 2.17. The Hall–Kier alpha value is -3.80. The molecular formula is C23H30N6O3. The molecule has 170 valence electrons. The Morgan fingerprint density at radius 3 is 2.69 bits per heavy atom. The van der Waals surface area contributed by atoms with Gasteiger partial charge in [-0.2, -0.15) is 4.98 Å². The van der Waals surface area contributed by atoms with Gasteiger partial charge in [0.2, 0.25) is 11.9 Å². The molecule has 0 aliphatic rings. The zero-order valence-corrected chi connectivity index (χ0v) is 18.7. The topological polar surface area (TPSA) is 117 Å². The molecule has 1 atom stereocenters. The SMILES string of the molecule is CCCNc1nc(Nc2ccccc2)ncc1C#CCCCNC(=O)C(C)NC(=O)OC. The van der Waals surface area contributed by atoms with E-state index in [0.717, 1.165) is 24.2 Å². The molecule has 2 aromatic rings. The molecular weight excluding hydrogens is 408 g/mol. The van der Waals surface area contributed by atoms with Crippen LogP contribution in [0.25, 0.3) is 0 Å². The van der Waals surface area contributed by atoms with Crippen LogP contribution in [0, 0.1) is 11.8 Å². The first-order chi connectivity index (χ1) is 15.5. The molecule has 2 rings (SSSR count). The minimum Gasteiger partial charge on any atom is -0.453 e. The predicted octanol–water partition coefficient (Wildman–Crippen LogP) is 3.03. The van der Waals surface area contributed by atoms with Crippen LogP contribution in [-0.4, -0.2) is 48.2 Å². The number of amides is 2. The molecule has 0 saturated carbocycles. The molecule has 1 aromatic carbocycles. The summed E-state index contributed by atoms with van der Waals surface area (Å²) in [6.07, 6.45) is 3.29. The van der Waals surface area contributed by atoms with Crippen LogP contribution in [0.15, 0.2) is 36.5 Å². The number of anilines is 3. The summed E-state index contributed by atoms with van der Waals surface area (Å²) >= 11 is 0. The average molecular weight is 439 g/mol. The molecule has 0 radical (unpaired) electrons. The van der Waals surface area contributed by atoms with E-state index in [0.29, 0.717) is 31.2 Å². The lowest BCUT2D eigenvalue weighted by molar-refractivity contribution is -0.122. The molecule has 4 N–H and O–H groups in total. The Bertz CT molecular complexity index is 940. The normalized spacial score (nSPS) is 10.8. The van der Waals surface area contributed by atoms with E-state index in [2.05, 4.69) is 54.7 Å². The van der Waals surface area contributed by atoms with Gasteiger partial charge >= 0.3 is 6.09 Å². The van der Waals surface area contributed by atoms with Gasteiger partial charge in [0.1, 0.15) is 11.9 Å². The fourth-order valence-electron chi connectivity index (χ4n) is 2.56. The number of nitrogens with zero attached hydrogens (tertiary/aromatic N) is 2. The Kier molecular flexibility index (Phi) is 10.3. The summed E-state index contributed by atoms with van der Waals surface area (Å²) in [6, 6.07) is 9.06. The second-order valence-electron chi connectivity index (χ2n) is 6.93. The lowest BCUT2D eigenvalue weighted by Gasteiger charge is -2.12. The maximum atomic E-state index is 11.9. The summed E-state index contributed by atoms with van der Waals surface area (Å²) in [7, 11) is 1.25. The van der Waals surface area contributed by atoms with E-state index in [9.17, 15) is 9.59 Å². The lowest BCUT2D eigenvalue weighted by atomic mass is 10.2. The monoisotopic (exact) mass is 438 g/mol. The van der Waals surface area contributed by atoms with Crippen LogP contribution in [0.4, 0.5) is 22.2 Å². The van der Waals surface area contributed by atoms with Crippen LogP contribution < -0.4 is 21.3 Å². The fraction of sp³-hybridized carbons (Fsp3) is 0.391. The third kappa shape index (κ3) is 8.52. The minimum atomic E-state index is -0.666. The van der Waals surface area contributed by atoms with Crippen LogP contribution in [0.1, 0.15) is 38.7 Å². The number of ether oxygens (including phenoxy) is 1. The molecule has 1 unspecified atom stereocenters. The van der Waals surface area contributed by atoms with Crippen molar-refractivity contribution in [3.05, 3.63) is 42.1 Å². The van der Waals surface area contributed by atoms with Crippen molar-refractivity contribution < 1.29 is 14.3 Å². The van der Waals surface area contributed by atoms with Crippen LogP contribution >= 0.6 is 0 Å². The van der Waals surface area contributed by atoms with Crippen LogP contribution in [0.5, 0.6) is 0 Å². The van der Waals surface area contributed by atoms with Crippen molar-refractivity contribution in [3.8, 4) is 11.8 Å². The number of carbonyl (C=O) groups excluding carboxylic acids is 2. The molecule has 0 bridgehead atoms. The van der Waals surface area contributed by atoms with Crippen LogP contribution in [-0.2, 0) is 9.53 Å². The molecule has 1 aromatic heterocycles. The molecule has 0 aliphatic heterocycles. The maximum absolute atomic E-state index is 11.9. The number of rotatable bonds is 10. The van der Waals surface area contributed by atoms with Gasteiger partial charge < -0.3 is 26.0 Å². The van der Waals surface area contributed by atoms with Crippen LogP contribution in [0.2, 0.25) is 0 Å². The van der Waals surface area contributed by atoms with Gasteiger partial charge in [0.25, 0.3) is 0 Å². The minimum absolute atomic E-state index is 0.274. The summed E-state index contributed by atoms with van der Waals surface area (Å²) < 4.78 is 4.47. The van der Waals surface area contributed by atoms with E-state index in [1.165, 1.54) is 7.11 Å². The molecule has 32 heavy (non-hydrogen) atoms. The summed E-state index contributed by atoms with van der Waals surface area (Å²) in [5.41, 5.74) is 1.63. The second kappa shape index (κ2) is 13.5. The Morgan fingerprint density at radius 1 is 1.19 bits per heavy atom. The largest absolute Gasteiger partial charge is 0.453 e. The van der Waals surface area contributed by atoms with E-state index in [1.807, 2.05) is 30.3 Å². The summed E-state index contributed by atoms with van der Waals surface area (Å²) in [5.74, 6) is 7.12. The third-order valence-corrected chi connectivity index (χ3v) is 4.28.